The van der Waals surface area contributed by atoms with Gasteiger partial charge in [-0.05, 0) is 38.0 Å². The van der Waals surface area contributed by atoms with Crippen LogP contribution < -0.4 is 5.32 Å². The van der Waals surface area contributed by atoms with Gasteiger partial charge in [-0.2, -0.15) is 0 Å². The topological polar surface area (TPSA) is 58.6 Å². The van der Waals surface area contributed by atoms with Crippen LogP contribution in [-0.2, 0) is 4.74 Å². The Labute approximate surface area is 145 Å². The summed E-state index contributed by atoms with van der Waals surface area (Å²) in [6.45, 7) is 7.15. The van der Waals surface area contributed by atoms with E-state index < -0.39 is 6.09 Å². The number of nitrogens with zero attached hydrogens (tertiary/aromatic N) is 1. The molecule has 0 saturated carbocycles. The SMILES string of the molecule is CCCCCN(C(=O)c1cccc(NC(=O)OC)c1)C(C)CCC. The maximum atomic E-state index is 12.9. The zero-order chi connectivity index (χ0) is 17.9. The van der Waals surface area contributed by atoms with E-state index in [4.69, 9.17) is 0 Å². The van der Waals surface area contributed by atoms with Crippen molar-refractivity contribution in [2.45, 2.75) is 58.9 Å². The molecular weight excluding hydrogens is 304 g/mol. The van der Waals surface area contributed by atoms with Crippen LogP contribution in [0.1, 0.15) is 63.2 Å². The number of nitrogens with one attached hydrogen (secondary N) is 1. The van der Waals surface area contributed by atoms with Crippen LogP contribution in [0.15, 0.2) is 24.3 Å². The lowest BCUT2D eigenvalue weighted by atomic mass is 10.1. The quantitative estimate of drug-likeness (QED) is 0.667. The van der Waals surface area contributed by atoms with Crippen molar-refractivity contribution in [3.63, 3.8) is 0 Å². The number of rotatable bonds is 9. The van der Waals surface area contributed by atoms with Crippen LogP contribution in [0.2, 0.25) is 0 Å². The molecule has 1 atom stereocenters. The fourth-order valence-electron chi connectivity index (χ4n) is 2.69. The van der Waals surface area contributed by atoms with Crippen LogP contribution >= 0.6 is 0 Å². The van der Waals surface area contributed by atoms with Crippen molar-refractivity contribution in [1.29, 1.82) is 0 Å². The van der Waals surface area contributed by atoms with Gasteiger partial charge in [-0.1, -0.05) is 39.2 Å². The fourth-order valence-corrected chi connectivity index (χ4v) is 2.69. The number of hydrogen-bond acceptors (Lipinski definition) is 3. The summed E-state index contributed by atoms with van der Waals surface area (Å²) in [5, 5.41) is 2.60. The monoisotopic (exact) mass is 334 g/mol. The predicted molar refractivity (Wildman–Crippen MR) is 97.4 cm³/mol. The van der Waals surface area contributed by atoms with Gasteiger partial charge >= 0.3 is 6.09 Å². The molecule has 0 radical (unpaired) electrons. The smallest absolute Gasteiger partial charge is 0.411 e. The minimum atomic E-state index is -0.543. The molecule has 2 amide bonds. The van der Waals surface area contributed by atoms with Crippen molar-refractivity contribution in [2.24, 2.45) is 0 Å². The molecule has 0 aliphatic carbocycles. The standard InChI is InChI=1S/C19H30N2O3/c1-5-7-8-13-21(15(3)10-6-2)18(22)16-11-9-12-17(14-16)20-19(23)24-4/h9,11-12,14-15H,5-8,10,13H2,1-4H3,(H,20,23). The van der Waals surface area contributed by atoms with Crippen LogP contribution in [0.4, 0.5) is 10.5 Å². The number of benzene rings is 1. The highest BCUT2D eigenvalue weighted by atomic mass is 16.5. The van der Waals surface area contributed by atoms with E-state index in [0.717, 1.165) is 38.6 Å². The normalized spacial score (nSPS) is 11.7. The molecule has 1 aromatic rings. The van der Waals surface area contributed by atoms with Crippen LogP contribution in [0.5, 0.6) is 0 Å². The van der Waals surface area contributed by atoms with E-state index in [9.17, 15) is 9.59 Å². The molecule has 1 rings (SSSR count). The molecule has 0 aromatic heterocycles. The molecule has 1 aromatic carbocycles. The highest BCUT2D eigenvalue weighted by molar-refractivity contribution is 5.96. The molecule has 0 fully saturated rings. The average molecular weight is 334 g/mol. The van der Waals surface area contributed by atoms with E-state index in [1.54, 1.807) is 24.3 Å². The number of unbranched alkanes of at least 4 members (excludes halogenated alkanes) is 2. The van der Waals surface area contributed by atoms with Gasteiger partial charge in [0.25, 0.3) is 5.91 Å². The molecular formula is C19H30N2O3. The summed E-state index contributed by atoms with van der Waals surface area (Å²) in [6.07, 6.45) is 4.74. The first-order chi connectivity index (χ1) is 11.5. The number of methoxy groups -OCH3 is 1. The summed E-state index contributed by atoms with van der Waals surface area (Å²) in [4.78, 5) is 26.2. The molecule has 5 nitrogen and oxygen atoms in total. The molecule has 1 unspecified atom stereocenters. The summed E-state index contributed by atoms with van der Waals surface area (Å²) < 4.78 is 4.59. The van der Waals surface area contributed by atoms with Crippen LogP contribution in [-0.4, -0.2) is 36.6 Å². The van der Waals surface area contributed by atoms with Crippen LogP contribution in [0.25, 0.3) is 0 Å². The van der Waals surface area contributed by atoms with Gasteiger partial charge in [0, 0.05) is 23.8 Å². The van der Waals surface area contributed by atoms with E-state index in [1.165, 1.54) is 7.11 Å². The van der Waals surface area contributed by atoms with E-state index in [0.29, 0.717) is 11.3 Å². The van der Waals surface area contributed by atoms with Crippen molar-refractivity contribution in [3.8, 4) is 0 Å². The number of carbonyl (C=O) groups excluding carboxylic acids is 2. The first kappa shape index (κ1) is 20.0. The van der Waals surface area contributed by atoms with Crippen LogP contribution in [0.3, 0.4) is 0 Å². The highest BCUT2D eigenvalue weighted by Crippen LogP contribution is 2.17. The third-order valence-electron chi connectivity index (χ3n) is 4.04. The molecule has 0 saturated heterocycles. The Balaban J connectivity index is 2.91. The van der Waals surface area contributed by atoms with Gasteiger partial charge in [0.2, 0.25) is 0 Å². The molecule has 0 aliphatic rings. The number of hydrogen-bond donors (Lipinski definition) is 1. The molecule has 0 aliphatic heterocycles. The minimum Gasteiger partial charge on any atom is -0.453 e. The van der Waals surface area contributed by atoms with Gasteiger partial charge in [-0.15, -0.1) is 0 Å². The molecule has 24 heavy (non-hydrogen) atoms. The first-order valence-corrected chi connectivity index (χ1v) is 8.79. The van der Waals surface area contributed by atoms with Gasteiger partial charge in [-0.25, -0.2) is 4.79 Å². The maximum Gasteiger partial charge on any atom is 0.411 e. The van der Waals surface area contributed by atoms with Gasteiger partial charge in [0.15, 0.2) is 0 Å². The van der Waals surface area contributed by atoms with Crippen molar-refractivity contribution in [2.75, 3.05) is 19.0 Å². The number of carbonyl (C=O) groups is 2. The van der Waals surface area contributed by atoms with Gasteiger partial charge in [-0.3, -0.25) is 10.1 Å². The Bertz CT molecular complexity index is 531. The number of ether oxygens (including phenoxy) is 1. The summed E-state index contributed by atoms with van der Waals surface area (Å²) in [6, 6.07) is 7.20. The van der Waals surface area contributed by atoms with E-state index in [1.807, 2.05) is 4.90 Å². The number of anilines is 1. The third-order valence-corrected chi connectivity index (χ3v) is 4.04. The van der Waals surface area contributed by atoms with Gasteiger partial charge in [0.1, 0.15) is 0 Å². The average Bonchev–Trinajstić information content (AvgIpc) is 2.58. The molecule has 5 heteroatoms. The lowest BCUT2D eigenvalue weighted by Crippen LogP contribution is -2.39. The molecule has 134 valence electrons. The molecule has 0 spiro atoms. The Hall–Kier alpha value is -2.04. The Morgan fingerprint density at radius 3 is 2.58 bits per heavy atom. The van der Waals surface area contributed by atoms with Crippen molar-refractivity contribution in [1.82, 2.24) is 4.90 Å². The zero-order valence-corrected chi connectivity index (χ0v) is 15.3. The largest absolute Gasteiger partial charge is 0.453 e. The predicted octanol–water partition coefficient (Wildman–Crippen LogP) is 4.69. The van der Waals surface area contributed by atoms with Gasteiger partial charge < -0.3 is 9.64 Å². The second kappa shape index (κ2) is 10.7. The van der Waals surface area contributed by atoms with E-state index in [2.05, 4.69) is 30.8 Å². The zero-order valence-electron chi connectivity index (χ0n) is 15.3. The van der Waals surface area contributed by atoms with E-state index >= 15 is 0 Å². The molecule has 0 bridgehead atoms. The van der Waals surface area contributed by atoms with Gasteiger partial charge in [0.05, 0.1) is 7.11 Å². The second-order valence-electron chi connectivity index (χ2n) is 6.04. The van der Waals surface area contributed by atoms with Crippen molar-refractivity contribution < 1.29 is 14.3 Å². The first-order valence-electron chi connectivity index (χ1n) is 8.79. The molecule has 1 N–H and O–H groups in total. The minimum absolute atomic E-state index is 0.0144. The van der Waals surface area contributed by atoms with Crippen molar-refractivity contribution >= 4 is 17.7 Å². The maximum absolute atomic E-state index is 12.9. The second-order valence-corrected chi connectivity index (χ2v) is 6.04. The van der Waals surface area contributed by atoms with Crippen molar-refractivity contribution in [3.05, 3.63) is 29.8 Å². The van der Waals surface area contributed by atoms with E-state index in [-0.39, 0.29) is 11.9 Å². The Morgan fingerprint density at radius 2 is 1.96 bits per heavy atom. The lowest BCUT2D eigenvalue weighted by Gasteiger charge is -2.29. The summed E-state index contributed by atoms with van der Waals surface area (Å²) in [5.41, 5.74) is 1.15. The molecule has 0 heterocycles. The summed E-state index contributed by atoms with van der Waals surface area (Å²) in [7, 11) is 1.31. The Kier molecular flexibility index (Phi) is 8.90. The van der Waals surface area contributed by atoms with Crippen LogP contribution in [0, 0.1) is 0 Å². The highest BCUT2D eigenvalue weighted by Gasteiger charge is 2.21. The third kappa shape index (κ3) is 6.22. The fraction of sp³-hybridized carbons (Fsp3) is 0.579. The summed E-state index contributed by atoms with van der Waals surface area (Å²) >= 11 is 0. The summed E-state index contributed by atoms with van der Waals surface area (Å²) in [5.74, 6) is 0.0144. The number of amides is 2. The Morgan fingerprint density at radius 1 is 1.21 bits per heavy atom. The lowest BCUT2D eigenvalue weighted by molar-refractivity contribution is 0.0679.